The van der Waals surface area contributed by atoms with Gasteiger partial charge in [0.25, 0.3) is 0 Å². The van der Waals surface area contributed by atoms with E-state index in [4.69, 9.17) is 0 Å². The number of nitrogens with zero attached hydrogens (tertiary/aromatic N) is 1. The van der Waals surface area contributed by atoms with Crippen molar-refractivity contribution in [2.45, 2.75) is 18.9 Å². The molecule has 3 rings (SSSR count). The molecule has 108 valence electrons. The van der Waals surface area contributed by atoms with Gasteiger partial charge in [0.05, 0.1) is 12.5 Å². The molecule has 2 aromatic carbocycles. The van der Waals surface area contributed by atoms with E-state index in [0.29, 0.717) is 17.8 Å². The average Bonchev–Trinajstić information content (AvgIpc) is 2.91. The zero-order chi connectivity index (χ0) is 14.8. The van der Waals surface area contributed by atoms with Gasteiger partial charge in [-0.1, -0.05) is 36.4 Å². The lowest BCUT2D eigenvalue weighted by molar-refractivity contribution is -0.120. The van der Waals surface area contributed by atoms with Gasteiger partial charge in [0.1, 0.15) is 5.82 Å². The van der Waals surface area contributed by atoms with Crippen molar-refractivity contribution < 1.29 is 14.3 Å². The Bertz CT molecular complexity index is 657. The Morgan fingerprint density at radius 1 is 1.24 bits per heavy atom. The Morgan fingerprint density at radius 3 is 2.76 bits per heavy atom. The van der Waals surface area contributed by atoms with Crippen LogP contribution in [0.4, 0.5) is 10.1 Å². The molecule has 1 heterocycles. The standard InChI is InChI=1S/C17H16FNO2/c18-14-7-6-12-8-9-19(15(12)10-14)17(21)11-16(20)13-4-2-1-3-5-13/h1-7,10,16,20H,8-9,11H2. The van der Waals surface area contributed by atoms with E-state index in [-0.39, 0.29) is 18.1 Å². The van der Waals surface area contributed by atoms with Gasteiger partial charge in [-0.2, -0.15) is 0 Å². The Kier molecular flexibility index (Phi) is 3.71. The van der Waals surface area contributed by atoms with Crippen LogP contribution in [0.25, 0.3) is 0 Å². The highest BCUT2D eigenvalue weighted by Gasteiger charge is 2.26. The Balaban J connectivity index is 1.75. The second kappa shape index (κ2) is 5.66. The SMILES string of the molecule is O=C(CC(O)c1ccccc1)N1CCc2ccc(F)cc21. The lowest BCUT2D eigenvalue weighted by Crippen LogP contribution is -2.30. The molecule has 1 unspecified atom stereocenters. The number of rotatable bonds is 3. The molecule has 4 heteroatoms. The number of carbonyl (C=O) groups excluding carboxylic acids is 1. The first kappa shape index (κ1) is 13.8. The number of carbonyl (C=O) groups is 1. The monoisotopic (exact) mass is 285 g/mol. The topological polar surface area (TPSA) is 40.5 Å². The molecule has 0 fully saturated rings. The minimum absolute atomic E-state index is 0.0000331. The second-order valence-electron chi connectivity index (χ2n) is 5.20. The number of anilines is 1. The van der Waals surface area contributed by atoms with Crippen molar-refractivity contribution in [1.29, 1.82) is 0 Å². The highest BCUT2D eigenvalue weighted by Crippen LogP contribution is 2.30. The molecule has 3 nitrogen and oxygen atoms in total. The summed E-state index contributed by atoms with van der Waals surface area (Å²) in [6.07, 6.45) is -0.112. The molecule has 1 N–H and O–H groups in total. The highest BCUT2D eigenvalue weighted by molar-refractivity contribution is 5.95. The van der Waals surface area contributed by atoms with Gasteiger partial charge in [-0.3, -0.25) is 4.79 Å². The molecule has 2 aromatic rings. The molecule has 0 bridgehead atoms. The maximum atomic E-state index is 13.3. The average molecular weight is 285 g/mol. The molecule has 1 amide bonds. The maximum absolute atomic E-state index is 13.3. The van der Waals surface area contributed by atoms with Gasteiger partial charge < -0.3 is 10.0 Å². The molecular formula is C17H16FNO2. The van der Waals surface area contributed by atoms with E-state index in [1.807, 2.05) is 18.2 Å². The lowest BCUT2D eigenvalue weighted by atomic mass is 10.1. The highest BCUT2D eigenvalue weighted by atomic mass is 19.1. The van der Waals surface area contributed by atoms with E-state index >= 15 is 0 Å². The molecule has 0 aromatic heterocycles. The van der Waals surface area contributed by atoms with Crippen LogP contribution >= 0.6 is 0 Å². The van der Waals surface area contributed by atoms with E-state index in [1.165, 1.54) is 12.1 Å². The quantitative estimate of drug-likeness (QED) is 0.942. The fourth-order valence-corrected chi connectivity index (χ4v) is 2.68. The van der Waals surface area contributed by atoms with Gasteiger partial charge in [0.2, 0.25) is 5.91 Å². The first-order valence-corrected chi connectivity index (χ1v) is 6.97. The number of halogens is 1. The smallest absolute Gasteiger partial charge is 0.229 e. The first-order valence-electron chi connectivity index (χ1n) is 6.97. The summed E-state index contributed by atoms with van der Waals surface area (Å²) in [5.41, 5.74) is 2.31. The molecule has 0 radical (unpaired) electrons. The molecule has 0 saturated heterocycles. The van der Waals surface area contributed by atoms with Crippen molar-refractivity contribution in [1.82, 2.24) is 0 Å². The molecule has 21 heavy (non-hydrogen) atoms. The summed E-state index contributed by atoms with van der Waals surface area (Å²) in [5.74, 6) is -0.534. The predicted molar refractivity (Wildman–Crippen MR) is 78.5 cm³/mol. The number of hydrogen-bond acceptors (Lipinski definition) is 2. The molecule has 0 aliphatic carbocycles. The maximum Gasteiger partial charge on any atom is 0.229 e. The van der Waals surface area contributed by atoms with Gasteiger partial charge in [0.15, 0.2) is 0 Å². The van der Waals surface area contributed by atoms with Gasteiger partial charge in [-0.25, -0.2) is 4.39 Å². The molecule has 1 aliphatic heterocycles. The summed E-state index contributed by atoms with van der Waals surface area (Å²) in [4.78, 5) is 13.9. The van der Waals surface area contributed by atoms with Crippen LogP contribution in [-0.4, -0.2) is 17.6 Å². The fraction of sp³-hybridized carbons (Fsp3) is 0.235. The van der Waals surface area contributed by atoms with E-state index in [0.717, 1.165) is 12.0 Å². The van der Waals surface area contributed by atoms with E-state index in [1.54, 1.807) is 23.1 Å². The van der Waals surface area contributed by atoms with Crippen LogP contribution in [0.3, 0.4) is 0 Å². The number of fused-ring (bicyclic) bond motifs is 1. The van der Waals surface area contributed by atoms with Gasteiger partial charge in [0, 0.05) is 12.2 Å². The van der Waals surface area contributed by atoms with Crippen LogP contribution in [0, 0.1) is 5.82 Å². The van der Waals surface area contributed by atoms with Crippen molar-refractivity contribution in [2.75, 3.05) is 11.4 Å². The summed E-state index contributed by atoms with van der Waals surface area (Å²) < 4.78 is 13.3. The molecule has 0 saturated carbocycles. The summed E-state index contributed by atoms with van der Waals surface area (Å²) in [6, 6.07) is 13.6. The number of hydrogen-bond donors (Lipinski definition) is 1. The third-order valence-electron chi connectivity index (χ3n) is 3.80. The van der Waals surface area contributed by atoms with Crippen LogP contribution in [0.5, 0.6) is 0 Å². The molecule has 1 atom stereocenters. The minimum Gasteiger partial charge on any atom is -0.388 e. The number of aliphatic hydroxyl groups is 1. The largest absolute Gasteiger partial charge is 0.388 e. The Hall–Kier alpha value is -2.20. The van der Waals surface area contributed by atoms with Crippen LogP contribution in [-0.2, 0) is 11.2 Å². The summed E-state index contributed by atoms with van der Waals surface area (Å²) in [6.45, 7) is 0.541. The summed E-state index contributed by atoms with van der Waals surface area (Å²) >= 11 is 0. The van der Waals surface area contributed by atoms with Crippen LogP contribution < -0.4 is 4.90 Å². The van der Waals surface area contributed by atoms with Crippen LogP contribution in [0.2, 0.25) is 0 Å². The van der Waals surface area contributed by atoms with Gasteiger partial charge >= 0.3 is 0 Å². The van der Waals surface area contributed by atoms with Crippen LogP contribution in [0.15, 0.2) is 48.5 Å². The fourth-order valence-electron chi connectivity index (χ4n) is 2.68. The minimum atomic E-state index is -0.837. The molecule has 1 aliphatic rings. The van der Waals surface area contributed by atoms with E-state index in [9.17, 15) is 14.3 Å². The Morgan fingerprint density at radius 2 is 2.00 bits per heavy atom. The van der Waals surface area contributed by atoms with Crippen molar-refractivity contribution in [3.8, 4) is 0 Å². The van der Waals surface area contributed by atoms with Gasteiger partial charge in [-0.05, 0) is 29.7 Å². The third-order valence-corrected chi connectivity index (χ3v) is 3.80. The number of aliphatic hydroxyl groups excluding tert-OH is 1. The second-order valence-corrected chi connectivity index (χ2v) is 5.20. The summed E-state index contributed by atoms with van der Waals surface area (Å²) in [7, 11) is 0. The number of benzene rings is 2. The third kappa shape index (κ3) is 2.81. The van der Waals surface area contributed by atoms with Crippen molar-refractivity contribution >= 4 is 11.6 Å². The van der Waals surface area contributed by atoms with E-state index < -0.39 is 6.10 Å². The summed E-state index contributed by atoms with van der Waals surface area (Å²) in [5, 5.41) is 10.1. The van der Waals surface area contributed by atoms with Crippen molar-refractivity contribution in [2.24, 2.45) is 0 Å². The normalized spacial score (nSPS) is 14.9. The lowest BCUT2D eigenvalue weighted by Gasteiger charge is -2.19. The zero-order valence-electron chi connectivity index (χ0n) is 11.5. The van der Waals surface area contributed by atoms with Crippen molar-refractivity contribution in [3.05, 3.63) is 65.5 Å². The van der Waals surface area contributed by atoms with Crippen LogP contribution in [0.1, 0.15) is 23.7 Å². The van der Waals surface area contributed by atoms with E-state index in [2.05, 4.69) is 0 Å². The predicted octanol–water partition coefficient (Wildman–Crippen LogP) is 2.84. The first-order chi connectivity index (χ1) is 10.1. The van der Waals surface area contributed by atoms with Gasteiger partial charge in [-0.15, -0.1) is 0 Å². The molecular weight excluding hydrogens is 269 g/mol. The van der Waals surface area contributed by atoms with Crippen molar-refractivity contribution in [3.63, 3.8) is 0 Å². The zero-order valence-corrected chi connectivity index (χ0v) is 11.5. The molecule has 0 spiro atoms. The number of amides is 1. The Labute approximate surface area is 122 Å².